The number of morpholine rings is 1. The summed E-state index contributed by atoms with van der Waals surface area (Å²) in [7, 11) is 0. The van der Waals surface area contributed by atoms with Crippen molar-refractivity contribution in [2.75, 3.05) is 26.2 Å². The molecule has 4 heteroatoms. The first kappa shape index (κ1) is 14.4. The second kappa shape index (κ2) is 6.98. The number of hydrogen-bond donors (Lipinski definition) is 1. The standard InChI is InChI=1S/C15H25N3O/c1-12(2)18-7-8-19-15(11-18)10-17-13(3)14-5-4-6-16-9-14/h4-6,9,12-13,15,17H,7-8,10-11H2,1-3H3/t13-,15?/m0/s1. The van der Waals surface area contributed by atoms with Crippen LogP contribution in [0.5, 0.6) is 0 Å². The van der Waals surface area contributed by atoms with Crippen LogP contribution in [0.4, 0.5) is 0 Å². The molecule has 2 heterocycles. The SMILES string of the molecule is CC(C)N1CCOC(CN[C@@H](C)c2cccnc2)C1. The molecular weight excluding hydrogens is 238 g/mol. The van der Waals surface area contributed by atoms with E-state index in [2.05, 4.69) is 42.0 Å². The highest BCUT2D eigenvalue weighted by atomic mass is 16.5. The van der Waals surface area contributed by atoms with Gasteiger partial charge < -0.3 is 10.1 Å². The Balaban J connectivity index is 1.79. The predicted octanol–water partition coefficient (Wildman–Crippen LogP) is 1.84. The molecule has 19 heavy (non-hydrogen) atoms. The van der Waals surface area contributed by atoms with Gasteiger partial charge in [-0.05, 0) is 32.4 Å². The third kappa shape index (κ3) is 4.27. The zero-order valence-corrected chi connectivity index (χ0v) is 12.2. The summed E-state index contributed by atoms with van der Waals surface area (Å²) in [4.78, 5) is 6.63. The molecule has 2 atom stereocenters. The van der Waals surface area contributed by atoms with E-state index in [0.29, 0.717) is 12.1 Å². The molecule has 0 radical (unpaired) electrons. The van der Waals surface area contributed by atoms with E-state index < -0.39 is 0 Å². The van der Waals surface area contributed by atoms with Gasteiger partial charge in [0.15, 0.2) is 0 Å². The van der Waals surface area contributed by atoms with Gasteiger partial charge in [0.2, 0.25) is 0 Å². The zero-order chi connectivity index (χ0) is 13.7. The highest BCUT2D eigenvalue weighted by molar-refractivity contribution is 5.12. The minimum atomic E-state index is 0.287. The Morgan fingerprint density at radius 2 is 2.32 bits per heavy atom. The van der Waals surface area contributed by atoms with E-state index in [1.165, 1.54) is 5.56 Å². The summed E-state index contributed by atoms with van der Waals surface area (Å²) in [5.74, 6) is 0. The van der Waals surface area contributed by atoms with Gasteiger partial charge in [0.1, 0.15) is 0 Å². The van der Waals surface area contributed by atoms with Crippen LogP contribution >= 0.6 is 0 Å². The third-order valence-corrected chi connectivity index (χ3v) is 3.74. The average Bonchev–Trinajstić information content (AvgIpc) is 2.46. The molecule has 0 saturated carbocycles. The van der Waals surface area contributed by atoms with Crippen LogP contribution in [0.25, 0.3) is 0 Å². The number of nitrogens with one attached hydrogen (secondary N) is 1. The van der Waals surface area contributed by atoms with Gasteiger partial charge in [0.25, 0.3) is 0 Å². The quantitative estimate of drug-likeness (QED) is 0.879. The van der Waals surface area contributed by atoms with Gasteiger partial charge >= 0.3 is 0 Å². The lowest BCUT2D eigenvalue weighted by atomic mass is 10.1. The van der Waals surface area contributed by atoms with Gasteiger partial charge in [-0.15, -0.1) is 0 Å². The lowest BCUT2D eigenvalue weighted by Crippen LogP contribution is -2.49. The Kier molecular flexibility index (Phi) is 5.31. The maximum atomic E-state index is 5.82. The summed E-state index contributed by atoms with van der Waals surface area (Å²) in [6.07, 6.45) is 4.01. The third-order valence-electron chi connectivity index (χ3n) is 3.74. The van der Waals surface area contributed by atoms with E-state index in [-0.39, 0.29) is 6.10 Å². The first-order chi connectivity index (χ1) is 9.16. The van der Waals surface area contributed by atoms with E-state index in [1.807, 2.05) is 12.3 Å². The second-order valence-corrected chi connectivity index (χ2v) is 5.50. The van der Waals surface area contributed by atoms with Crippen molar-refractivity contribution in [1.29, 1.82) is 0 Å². The topological polar surface area (TPSA) is 37.4 Å². The van der Waals surface area contributed by atoms with Gasteiger partial charge in [0, 0.05) is 44.1 Å². The number of pyridine rings is 1. The first-order valence-corrected chi connectivity index (χ1v) is 7.15. The monoisotopic (exact) mass is 263 g/mol. The van der Waals surface area contributed by atoms with Gasteiger partial charge in [0.05, 0.1) is 12.7 Å². The van der Waals surface area contributed by atoms with Gasteiger partial charge in [-0.3, -0.25) is 9.88 Å². The number of aromatic nitrogens is 1. The van der Waals surface area contributed by atoms with E-state index in [0.717, 1.165) is 26.2 Å². The van der Waals surface area contributed by atoms with Gasteiger partial charge in [-0.1, -0.05) is 6.07 Å². The summed E-state index contributed by atoms with van der Waals surface area (Å²) in [5.41, 5.74) is 1.22. The zero-order valence-electron chi connectivity index (χ0n) is 12.2. The molecule has 0 bridgehead atoms. The Labute approximate surface area is 116 Å². The van der Waals surface area contributed by atoms with Gasteiger partial charge in [-0.2, -0.15) is 0 Å². The first-order valence-electron chi connectivity index (χ1n) is 7.15. The lowest BCUT2D eigenvalue weighted by molar-refractivity contribution is -0.0379. The molecule has 1 aliphatic heterocycles. The van der Waals surface area contributed by atoms with Crippen LogP contribution in [0.1, 0.15) is 32.4 Å². The molecule has 1 aromatic heterocycles. The summed E-state index contributed by atoms with van der Waals surface area (Å²) in [5, 5.41) is 3.54. The summed E-state index contributed by atoms with van der Waals surface area (Å²) >= 11 is 0. The van der Waals surface area contributed by atoms with Crippen LogP contribution in [0.2, 0.25) is 0 Å². The summed E-state index contributed by atoms with van der Waals surface area (Å²) in [6, 6.07) is 4.99. The Hall–Kier alpha value is -0.970. The van der Waals surface area contributed by atoms with E-state index in [1.54, 1.807) is 6.20 Å². The molecular formula is C15H25N3O. The minimum absolute atomic E-state index is 0.287. The van der Waals surface area contributed by atoms with Crippen LogP contribution in [-0.4, -0.2) is 48.3 Å². The molecule has 4 nitrogen and oxygen atoms in total. The second-order valence-electron chi connectivity index (χ2n) is 5.50. The molecule has 1 saturated heterocycles. The minimum Gasteiger partial charge on any atom is -0.374 e. The highest BCUT2D eigenvalue weighted by Gasteiger charge is 2.22. The lowest BCUT2D eigenvalue weighted by Gasteiger charge is -2.36. The molecule has 0 amide bonds. The maximum Gasteiger partial charge on any atom is 0.0827 e. The van der Waals surface area contributed by atoms with Crippen molar-refractivity contribution in [1.82, 2.24) is 15.2 Å². The Morgan fingerprint density at radius 1 is 1.47 bits per heavy atom. The molecule has 1 fully saturated rings. The van der Waals surface area contributed by atoms with Crippen LogP contribution in [0.15, 0.2) is 24.5 Å². The largest absolute Gasteiger partial charge is 0.374 e. The molecule has 1 aliphatic rings. The van der Waals surface area contributed by atoms with Crippen molar-refractivity contribution in [3.05, 3.63) is 30.1 Å². The average molecular weight is 263 g/mol. The Morgan fingerprint density at radius 3 is 3.00 bits per heavy atom. The number of hydrogen-bond acceptors (Lipinski definition) is 4. The van der Waals surface area contributed by atoms with Gasteiger partial charge in [-0.25, -0.2) is 0 Å². The maximum absolute atomic E-state index is 5.82. The van der Waals surface area contributed by atoms with E-state index >= 15 is 0 Å². The normalized spacial score (nSPS) is 22.6. The fourth-order valence-electron chi connectivity index (χ4n) is 2.39. The fraction of sp³-hybridized carbons (Fsp3) is 0.667. The van der Waals surface area contributed by atoms with Crippen molar-refractivity contribution in [2.45, 2.75) is 39.0 Å². The van der Waals surface area contributed by atoms with E-state index in [4.69, 9.17) is 4.74 Å². The molecule has 1 unspecified atom stereocenters. The van der Waals surface area contributed by atoms with Crippen molar-refractivity contribution < 1.29 is 4.74 Å². The van der Waals surface area contributed by atoms with Crippen LogP contribution in [0, 0.1) is 0 Å². The smallest absolute Gasteiger partial charge is 0.0827 e. The summed E-state index contributed by atoms with van der Waals surface area (Å²) in [6.45, 7) is 10.4. The van der Waals surface area contributed by atoms with Crippen molar-refractivity contribution in [3.8, 4) is 0 Å². The number of rotatable bonds is 5. The van der Waals surface area contributed by atoms with Crippen LogP contribution < -0.4 is 5.32 Å². The van der Waals surface area contributed by atoms with Crippen molar-refractivity contribution in [3.63, 3.8) is 0 Å². The van der Waals surface area contributed by atoms with E-state index in [9.17, 15) is 0 Å². The molecule has 0 aliphatic carbocycles. The molecule has 1 N–H and O–H groups in total. The highest BCUT2D eigenvalue weighted by Crippen LogP contribution is 2.12. The number of nitrogens with zero attached hydrogens (tertiary/aromatic N) is 2. The van der Waals surface area contributed by atoms with Crippen LogP contribution in [0.3, 0.4) is 0 Å². The fourth-order valence-corrected chi connectivity index (χ4v) is 2.39. The molecule has 1 aromatic rings. The van der Waals surface area contributed by atoms with Crippen molar-refractivity contribution in [2.24, 2.45) is 0 Å². The molecule has 0 aromatic carbocycles. The van der Waals surface area contributed by atoms with Crippen molar-refractivity contribution >= 4 is 0 Å². The number of ether oxygens (including phenoxy) is 1. The molecule has 106 valence electrons. The Bertz CT molecular complexity index is 369. The summed E-state index contributed by atoms with van der Waals surface area (Å²) < 4.78 is 5.82. The predicted molar refractivity (Wildman–Crippen MR) is 77.1 cm³/mol. The molecule has 0 spiro atoms. The van der Waals surface area contributed by atoms with Crippen LogP contribution in [-0.2, 0) is 4.74 Å². The molecule has 2 rings (SSSR count).